The number of hydrogen-bond acceptors (Lipinski definition) is 19. The van der Waals surface area contributed by atoms with Crippen LogP contribution in [0.1, 0.15) is 485 Å². The molecule has 0 aliphatic carbocycles. The average molecular weight is 1730 g/mol. The molecular weight excluding hydrogens is 1550 g/mol. The zero-order valence-electron chi connectivity index (χ0n) is 77.0. The monoisotopic (exact) mass is 1730 g/mol. The summed E-state index contributed by atoms with van der Waals surface area (Å²) in [4.78, 5) is 118. The molecule has 120 heavy (non-hydrogen) atoms. The topological polar surface area (TPSA) is 347 Å². The van der Waals surface area contributed by atoms with E-state index in [4.69, 9.17) is 32.9 Å². The Hall–Kier alpha value is -3.64. The van der Waals surface area contributed by atoms with Crippen LogP contribution in [-0.4, -0.2) is 159 Å². The number of aliphatic hydroxyl groups excluding tert-OH is 4. The Balaban J connectivity index is 3.79. The first-order chi connectivity index (χ1) is 58.2. The van der Waals surface area contributed by atoms with Gasteiger partial charge in [-0.3, -0.25) is 33.3 Å². The third kappa shape index (κ3) is 65.0. The van der Waals surface area contributed by atoms with E-state index in [1.54, 1.807) is 0 Å². The fourth-order valence-electron chi connectivity index (χ4n) is 16.2. The number of carbonyl (C=O) groups excluding carboxylic acids is 7. The molecule has 1 saturated heterocycles. The lowest BCUT2D eigenvalue weighted by Gasteiger charge is -2.45. The van der Waals surface area contributed by atoms with Gasteiger partial charge in [0.15, 0.2) is 12.4 Å². The summed E-state index contributed by atoms with van der Waals surface area (Å²) in [6.07, 6.45) is 46.4. The van der Waals surface area contributed by atoms with E-state index < -0.39 is 143 Å². The molecule has 24 heteroatoms. The first-order valence-electron chi connectivity index (χ1n) is 49.7. The minimum atomic E-state index is -5.61. The third-order valence-electron chi connectivity index (χ3n) is 23.7. The Morgan fingerprint density at radius 1 is 0.375 bits per heavy atom. The number of esters is 4. The lowest BCUT2D eigenvalue weighted by Crippen LogP contribution is -2.66. The van der Waals surface area contributed by atoms with Crippen LogP contribution in [-0.2, 0) is 71.1 Å². The van der Waals surface area contributed by atoms with Gasteiger partial charge in [-0.25, -0.2) is 4.57 Å². The lowest BCUT2D eigenvalue weighted by molar-refractivity contribution is -0.278. The van der Waals surface area contributed by atoms with Crippen molar-refractivity contribution in [1.82, 2.24) is 10.6 Å². The largest absolute Gasteiger partial charge is 0.470 e. The number of carbonyl (C=O) groups is 7. The fourth-order valence-corrected chi connectivity index (χ4v) is 16.8. The standard InChI is InChI=1S/C96H181N2O21P/c1-7-13-19-25-31-37-40-46-52-58-64-70-87(104)114-79(67-61-55-49-43-34-28-22-16-10-4)73-85(102)97-82(76-99)92(108)93(109)83(101)78-113-96-91(98-86(103)74-80(68-62-56-50-44-35-29-23-17-11-5)115-88(105)71-65-59-53-47-41-38-32-26-20-14-8-2)95(94(84(77-100)117-96)119-120(110,111)112)118-90(107)75-81(69-63-57-51-45-36-30-24-18-12-6)116-89(106)72-66-60-54-48-42-39-33-27-21-15-9-3/h76,79-84,91-96,100-101,108-109H,7-75,77-78H2,1-6H3,(H,97,102)(H,98,103)(H2,110,111,112)/t79-,80-,81-,82+,83-,84-,91-,92-,93-,94-,95-,96-/m1/s1. The van der Waals surface area contributed by atoms with Crippen molar-refractivity contribution >= 4 is 49.8 Å². The number of hydrogen-bond donors (Lipinski definition) is 8. The molecule has 0 bridgehead atoms. The Kier molecular flexibility index (Phi) is 76.2. The fraction of sp³-hybridized carbons (Fsp3) is 0.927. The quantitative estimate of drug-likeness (QED) is 0.00922. The summed E-state index contributed by atoms with van der Waals surface area (Å²) < 4.78 is 55.0. The molecule has 706 valence electrons. The van der Waals surface area contributed by atoms with E-state index >= 15 is 0 Å². The highest BCUT2D eigenvalue weighted by Gasteiger charge is 2.53. The zero-order valence-corrected chi connectivity index (χ0v) is 77.9. The van der Waals surface area contributed by atoms with Crippen LogP contribution in [0.4, 0.5) is 0 Å². The molecule has 1 rings (SSSR count). The Morgan fingerprint density at radius 3 is 0.950 bits per heavy atom. The number of nitrogens with one attached hydrogen (secondary N) is 2. The van der Waals surface area contributed by atoms with Crippen molar-refractivity contribution in [3.63, 3.8) is 0 Å². The SMILES string of the molecule is CCCCCCCCCCCCCC(=O)O[C@H](CCCCCCCCCCC)CC(=O)N[C@H]1[C@H](OC[C@@H](O)[C@@H](O)[C@H](O)[C@H](C=O)NC(=O)C[C@@H](CCCCCCCCCCC)OC(=O)CCCCCCCCCCCCC)O[C@H](CO)[C@@H](OP(=O)(O)O)[C@@H]1OC(=O)C[C@@H](CCCCCCCCCCC)OC(=O)CCCCCCCCCCCCC. The summed E-state index contributed by atoms with van der Waals surface area (Å²) >= 11 is 0. The molecule has 23 nitrogen and oxygen atoms in total. The summed E-state index contributed by atoms with van der Waals surface area (Å²) in [7, 11) is -5.61. The molecule has 12 atom stereocenters. The van der Waals surface area contributed by atoms with Gasteiger partial charge in [0, 0.05) is 19.3 Å². The third-order valence-corrected chi connectivity index (χ3v) is 24.2. The van der Waals surface area contributed by atoms with Gasteiger partial charge in [0.25, 0.3) is 0 Å². The maximum absolute atomic E-state index is 14.9. The van der Waals surface area contributed by atoms with E-state index in [1.807, 2.05) is 0 Å². The van der Waals surface area contributed by atoms with Gasteiger partial charge in [0.2, 0.25) is 11.8 Å². The lowest BCUT2D eigenvalue weighted by atomic mass is 9.95. The van der Waals surface area contributed by atoms with Gasteiger partial charge in [-0.05, 0) is 57.8 Å². The number of ether oxygens (including phenoxy) is 6. The average Bonchev–Trinajstić information content (AvgIpc) is 0.779. The summed E-state index contributed by atoms with van der Waals surface area (Å²) in [5.41, 5.74) is 0. The molecule has 0 radical (unpaired) electrons. The van der Waals surface area contributed by atoms with Crippen LogP contribution in [0.2, 0.25) is 0 Å². The summed E-state index contributed by atoms with van der Waals surface area (Å²) in [6.45, 7) is 11.1. The van der Waals surface area contributed by atoms with Crippen molar-refractivity contribution < 1.29 is 101 Å². The normalized spacial score (nSPS) is 17.4. The van der Waals surface area contributed by atoms with Crippen molar-refractivity contribution in [3.05, 3.63) is 0 Å². The highest BCUT2D eigenvalue weighted by atomic mass is 31.2. The smallest absolute Gasteiger partial charge is 0.462 e. The Labute approximate surface area is 729 Å². The van der Waals surface area contributed by atoms with Crippen LogP contribution in [0.15, 0.2) is 0 Å². The minimum Gasteiger partial charge on any atom is -0.462 e. The molecule has 8 N–H and O–H groups in total. The highest BCUT2D eigenvalue weighted by molar-refractivity contribution is 7.46. The van der Waals surface area contributed by atoms with Crippen LogP contribution in [0.3, 0.4) is 0 Å². The number of phosphoric acid groups is 1. The second-order valence-electron chi connectivity index (χ2n) is 35.1. The van der Waals surface area contributed by atoms with Crippen LogP contribution in [0, 0.1) is 0 Å². The maximum atomic E-state index is 14.9. The number of phosphoric ester groups is 1. The summed E-state index contributed by atoms with van der Waals surface area (Å²) in [5, 5.41) is 51.2. The molecule has 0 spiro atoms. The van der Waals surface area contributed by atoms with Crippen molar-refractivity contribution in [2.45, 2.75) is 558 Å². The number of unbranched alkanes of at least 4 members (excludes halogenated alkanes) is 54. The molecule has 0 aromatic heterocycles. The summed E-state index contributed by atoms with van der Waals surface area (Å²) in [6, 6.07) is -3.66. The molecule has 1 fully saturated rings. The number of rotatable bonds is 88. The molecule has 0 aromatic rings. The maximum Gasteiger partial charge on any atom is 0.470 e. The second kappa shape index (κ2) is 80.0. The van der Waals surface area contributed by atoms with E-state index in [1.165, 1.54) is 154 Å². The summed E-state index contributed by atoms with van der Waals surface area (Å²) in [5.74, 6) is -4.08. The molecule has 0 saturated carbocycles. The van der Waals surface area contributed by atoms with E-state index in [2.05, 4.69) is 52.2 Å². The van der Waals surface area contributed by atoms with Crippen molar-refractivity contribution in [3.8, 4) is 0 Å². The molecule has 1 aliphatic heterocycles. The van der Waals surface area contributed by atoms with Gasteiger partial charge in [-0.2, -0.15) is 0 Å². The predicted octanol–water partition coefficient (Wildman–Crippen LogP) is 22.1. The van der Waals surface area contributed by atoms with E-state index in [9.17, 15) is 68.3 Å². The Morgan fingerprint density at radius 2 is 0.658 bits per heavy atom. The van der Waals surface area contributed by atoms with Gasteiger partial charge in [0.05, 0.1) is 32.5 Å². The van der Waals surface area contributed by atoms with Crippen molar-refractivity contribution in [1.29, 1.82) is 0 Å². The van der Waals surface area contributed by atoms with Crippen LogP contribution < -0.4 is 10.6 Å². The molecule has 1 aliphatic rings. The van der Waals surface area contributed by atoms with E-state index in [0.29, 0.717) is 51.4 Å². The van der Waals surface area contributed by atoms with Gasteiger partial charge in [-0.15, -0.1) is 0 Å². The molecule has 2 amide bonds. The first-order valence-corrected chi connectivity index (χ1v) is 51.2. The number of aliphatic hydroxyl groups is 4. The zero-order chi connectivity index (χ0) is 88.2. The number of aldehydes is 1. The van der Waals surface area contributed by atoms with Crippen molar-refractivity contribution in [2.75, 3.05) is 13.2 Å². The van der Waals surface area contributed by atoms with E-state index in [-0.39, 0.29) is 38.4 Å². The highest BCUT2D eigenvalue weighted by Crippen LogP contribution is 2.43. The number of amides is 2. The van der Waals surface area contributed by atoms with Gasteiger partial charge in [-0.1, -0.05) is 388 Å². The minimum absolute atomic E-state index is 0.110. The first kappa shape index (κ1) is 114. The van der Waals surface area contributed by atoms with Crippen LogP contribution in [0.5, 0.6) is 0 Å². The predicted molar refractivity (Wildman–Crippen MR) is 479 cm³/mol. The molecule has 1 heterocycles. The Bertz CT molecular complexity index is 2500. The molecular formula is C96H181N2O21P. The molecule has 0 unspecified atom stereocenters. The van der Waals surface area contributed by atoms with Crippen molar-refractivity contribution in [2.24, 2.45) is 0 Å². The van der Waals surface area contributed by atoms with Crippen LogP contribution in [0.25, 0.3) is 0 Å². The second-order valence-corrected chi connectivity index (χ2v) is 36.3. The van der Waals surface area contributed by atoms with Gasteiger partial charge < -0.3 is 74.1 Å². The van der Waals surface area contributed by atoms with Crippen LogP contribution >= 0.6 is 7.82 Å². The van der Waals surface area contributed by atoms with Gasteiger partial charge in [0.1, 0.15) is 67.2 Å². The molecule has 0 aromatic carbocycles. The van der Waals surface area contributed by atoms with Gasteiger partial charge >= 0.3 is 31.7 Å². The van der Waals surface area contributed by atoms with E-state index in [0.717, 1.165) is 193 Å².